The first-order chi connectivity index (χ1) is 6.32. The Bertz CT molecular complexity index is 234. The van der Waals surface area contributed by atoms with Crippen molar-refractivity contribution in [1.82, 2.24) is 0 Å². The van der Waals surface area contributed by atoms with Crippen molar-refractivity contribution < 1.29 is 4.79 Å². The fourth-order valence-electron chi connectivity index (χ4n) is 2.82. The van der Waals surface area contributed by atoms with E-state index in [0.29, 0.717) is 15.6 Å². The monoisotopic (exact) mass is 324 g/mol. The average Bonchev–Trinajstić information content (AvgIpc) is 2.08. The van der Waals surface area contributed by atoms with Gasteiger partial charge in [-0.05, 0) is 0 Å². The van der Waals surface area contributed by atoms with Crippen molar-refractivity contribution in [3.63, 3.8) is 0 Å². The Morgan fingerprint density at radius 1 is 1.50 bits per heavy atom. The maximum absolute atomic E-state index is 12.0. The van der Waals surface area contributed by atoms with Crippen LogP contribution in [0.5, 0.6) is 0 Å². The van der Waals surface area contributed by atoms with Gasteiger partial charge in [0.15, 0.2) is 0 Å². The van der Waals surface area contributed by atoms with E-state index in [2.05, 4.69) is 21.7 Å². The van der Waals surface area contributed by atoms with Crippen molar-refractivity contribution in [2.45, 2.75) is 44.9 Å². The molecule has 0 heterocycles. The summed E-state index contributed by atoms with van der Waals surface area (Å²) in [4.78, 5) is 19.2. The Labute approximate surface area is 96.5 Å². The molecule has 82 valence electrons. The van der Waals surface area contributed by atoms with Crippen molar-refractivity contribution in [2.24, 2.45) is 5.41 Å². The number of hydrogen-bond acceptors (Lipinski definition) is 1. The molecule has 1 aliphatic carbocycles. The molecule has 0 radical (unpaired) electrons. The van der Waals surface area contributed by atoms with Crippen LogP contribution in [0, 0.1) is 5.41 Å². The number of Topliss-reactive ketones (excluding diaryl/α,β-unsaturated/α-hetero) is 1. The van der Waals surface area contributed by atoms with Gasteiger partial charge in [0.25, 0.3) is 0 Å². The summed E-state index contributed by atoms with van der Waals surface area (Å²) in [5.74, 6) is 0.931. The van der Waals surface area contributed by atoms with Gasteiger partial charge in [-0.25, -0.2) is 0 Å². The van der Waals surface area contributed by atoms with E-state index in [0.717, 1.165) is 12.8 Å². The molecule has 0 aromatic carbocycles. The zero-order chi connectivity index (χ0) is 11.0. The third-order valence-corrected chi connectivity index (χ3v) is 12.8. The molecule has 1 fully saturated rings. The van der Waals surface area contributed by atoms with Gasteiger partial charge < -0.3 is 0 Å². The molecule has 0 bridgehead atoms. The van der Waals surface area contributed by atoms with Crippen LogP contribution < -0.4 is 0 Å². The number of ketones is 1. The van der Waals surface area contributed by atoms with Gasteiger partial charge in [-0.3, -0.25) is 0 Å². The number of rotatable bonds is 2. The summed E-state index contributed by atoms with van der Waals surface area (Å²) in [6.07, 6.45) is 3.07. The first kappa shape index (κ1) is 12.8. The standard InChI is InChI=1S/C8H12ClO.3CH3.Sn/c1-8(6-9)5-3-2-4-7(8)10;;;;/h5H,2-4,6H2,1H3;3*1H3;. The average molecular weight is 323 g/mol. The molecule has 14 heavy (non-hydrogen) atoms. The second-order valence-electron chi connectivity index (χ2n) is 5.79. The number of carbonyl (C=O) groups is 1. The Morgan fingerprint density at radius 2 is 2.07 bits per heavy atom. The van der Waals surface area contributed by atoms with Crippen LogP contribution in [-0.2, 0) is 4.79 Å². The molecule has 2 atom stereocenters. The summed E-state index contributed by atoms with van der Waals surface area (Å²) in [6, 6.07) is 0. The summed E-state index contributed by atoms with van der Waals surface area (Å²) >= 11 is 4.03. The second-order valence-corrected chi connectivity index (χ2v) is 21.5. The van der Waals surface area contributed by atoms with Crippen LogP contribution in [0.4, 0.5) is 0 Å². The van der Waals surface area contributed by atoms with Crippen LogP contribution in [0.15, 0.2) is 0 Å². The number of halogens is 1. The maximum atomic E-state index is 12.0. The Hall–Kier alpha value is 0.759. The second kappa shape index (κ2) is 4.32. The Kier molecular flexibility index (Phi) is 3.96. The van der Waals surface area contributed by atoms with E-state index in [-0.39, 0.29) is 5.41 Å². The molecule has 0 amide bonds. The Morgan fingerprint density at radius 3 is 2.43 bits per heavy atom. The molecule has 0 aromatic heterocycles. The summed E-state index contributed by atoms with van der Waals surface area (Å²) in [5.41, 5.74) is -0.200. The van der Waals surface area contributed by atoms with Gasteiger partial charge in [0, 0.05) is 0 Å². The van der Waals surface area contributed by atoms with E-state index >= 15 is 0 Å². The normalized spacial score (nSPS) is 34.6. The van der Waals surface area contributed by atoms with Gasteiger partial charge >= 0.3 is 96.8 Å². The number of alkyl halides is 1. The number of hydrogen-bond donors (Lipinski definition) is 0. The van der Waals surface area contributed by atoms with E-state index in [9.17, 15) is 4.79 Å². The SMILES string of the molecule is CC1(CCl)C(=O)CCC[CH]1[Sn]([CH3])([CH3])[CH3]. The minimum absolute atomic E-state index is 0.200. The minimum atomic E-state index is -2.00. The van der Waals surface area contributed by atoms with E-state index in [1.807, 2.05) is 0 Å². The van der Waals surface area contributed by atoms with Gasteiger partial charge in [-0.2, -0.15) is 0 Å². The van der Waals surface area contributed by atoms with Crippen LogP contribution >= 0.6 is 11.6 Å². The molecule has 2 unspecified atom stereocenters. The van der Waals surface area contributed by atoms with Crippen molar-refractivity contribution in [1.29, 1.82) is 0 Å². The van der Waals surface area contributed by atoms with Crippen molar-refractivity contribution in [2.75, 3.05) is 5.88 Å². The number of carbonyl (C=O) groups excluding carboxylic acids is 1. The van der Waals surface area contributed by atoms with Crippen molar-refractivity contribution >= 4 is 35.8 Å². The zero-order valence-corrected chi connectivity index (χ0v) is 13.3. The fraction of sp³-hybridized carbons (Fsp3) is 0.909. The molecule has 0 spiro atoms. The fourth-order valence-corrected chi connectivity index (χ4v) is 12.8. The molecule has 1 saturated carbocycles. The molecule has 1 rings (SSSR count). The third-order valence-electron chi connectivity index (χ3n) is 3.63. The topological polar surface area (TPSA) is 17.1 Å². The molecular weight excluding hydrogens is 302 g/mol. The quantitative estimate of drug-likeness (QED) is 0.559. The zero-order valence-electron chi connectivity index (χ0n) is 9.69. The van der Waals surface area contributed by atoms with Crippen LogP contribution in [0.25, 0.3) is 0 Å². The van der Waals surface area contributed by atoms with Crippen molar-refractivity contribution in [3.05, 3.63) is 0 Å². The van der Waals surface area contributed by atoms with Crippen LogP contribution in [0.2, 0.25) is 18.8 Å². The van der Waals surface area contributed by atoms with Gasteiger partial charge in [0.2, 0.25) is 0 Å². The molecule has 3 heteroatoms. The molecule has 0 aromatic rings. The van der Waals surface area contributed by atoms with Crippen LogP contribution in [0.1, 0.15) is 26.2 Å². The molecular formula is C11H21ClOSn. The van der Waals surface area contributed by atoms with Crippen LogP contribution in [-0.4, -0.2) is 30.0 Å². The van der Waals surface area contributed by atoms with Gasteiger partial charge in [0.1, 0.15) is 0 Å². The van der Waals surface area contributed by atoms with Crippen molar-refractivity contribution in [3.8, 4) is 0 Å². The van der Waals surface area contributed by atoms with E-state index in [1.165, 1.54) is 6.42 Å². The molecule has 1 aliphatic rings. The van der Waals surface area contributed by atoms with Gasteiger partial charge in [0.05, 0.1) is 0 Å². The van der Waals surface area contributed by atoms with E-state index in [4.69, 9.17) is 11.6 Å². The van der Waals surface area contributed by atoms with E-state index in [1.54, 1.807) is 0 Å². The molecule has 0 aliphatic heterocycles. The first-order valence-corrected chi connectivity index (χ1v) is 16.2. The predicted molar refractivity (Wildman–Crippen MR) is 64.8 cm³/mol. The summed E-state index contributed by atoms with van der Waals surface area (Å²) < 4.78 is 0.635. The third kappa shape index (κ3) is 2.29. The van der Waals surface area contributed by atoms with Gasteiger partial charge in [-0.15, -0.1) is 0 Å². The summed E-state index contributed by atoms with van der Waals surface area (Å²) in [7, 11) is 0. The summed E-state index contributed by atoms with van der Waals surface area (Å²) in [6.45, 7) is 2.09. The molecule has 1 nitrogen and oxygen atoms in total. The summed E-state index contributed by atoms with van der Waals surface area (Å²) in [5, 5.41) is 0. The molecule has 0 N–H and O–H groups in total. The van der Waals surface area contributed by atoms with Crippen LogP contribution in [0.3, 0.4) is 0 Å². The van der Waals surface area contributed by atoms with Gasteiger partial charge in [-0.1, -0.05) is 0 Å². The molecule has 0 saturated heterocycles. The van der Waals surface area contributed by atoms with E-state index < -0.39 is 18.4 Å². The first-order valence-electron chi connectivity index (χ1n) is 5.41. The Balaban J connectivity index is 2.98. The predicted octanol–water partition coefficient (Wildman–Crippen LogP) is 3.69.